The number of thiazole rings is 1. The molecular weight excluding hydrogens is 423 g/mol. The van der Waals surface area contributed by atoms with E-state index in [2.05, 4.69) is 29.2 Å². The first-order chi connectivity index (χ1) is 10.6. The molecule has 130 valence electrons. The minimum atomic E-state index is 0. The predicted octanol–water partition coefficient (Wildman–Crippen LogP) is 2.68. The molecule has 2 heterocycles. The van der Waals surface area contributed by atoms with Gasteiger partial charge in [-0.25, -0.2) is 4.98 Å². The van der Waals surface area contributed by atoms with Crippen LogP contribution in [0.15, 0.2) is 4.99 Å². The summed E-state index contributed by atoms with van der Waals surface area (Å²) in [6.07, 6.45) is 4.97. The molecule has 23 heavy (non-hydrogen) atoms. The number of rotatable bonds is 4. The number of aromatic nitrogens is 1. The summed E-state index contributed by atoms with van der Waals surface area (Å²) in [4.78, 5) is 12.9. The van der Waals surface area contributed by atoms with Crippen molar-refractivity contribution in [2.45, 2.75) is 39.2 Å². The number of hydrogen-bond acceptors (Lipinski definition) is 4. The lowest BCUT2D eigenvalue weighted by molar-refractivity contribution is -0.0972. The highest BCUT2D eigenvalue weighted by Crippen LogP contribution is 2.27. The number of nitrogens with one attached hydrogen (secondary N) is 1. The average molecular weight is 450 g/mol. The maximum absolute atomic E-state index is 5.30. The van der Waals surface area contributed by atoms with Gasteiger partial charge >= 0.3 is 0 Å². The zero-order valence-electron chi connectivity index (χ0n) is 14.2. The monoisotopic (exact) mass is 450 g/mol. The Bertz CT molecular complexity index is 533. The molecule has 1 fully saturated rings. The summed E-state index contributed by atoms with van der Waals surface area (Å²) in [6.45, 7) is 5.63. The number of aryl methyl sites for hydroxylation is 2. The molecule has 7 heteroatoms. The van der Waals surface area contributed by atoms with E-state index in [4.69, 9.17) is 9.72 Å². The lowest BCUT2D eigenvalue weighted by Crippen LogP contribution is -2.51. The van der Waals surface area contributed by atoms with Crippen LogP contribution in [-0.2, 0) is 24.1 Å². The quantitative estimate of drug-likeness (QED) is 0.436. The molecule has 1 aromatic heterocycles. The van der Waals surface area contributed by atoms with Crippen molar-refractivity contribution < 1.29 is 4.74 Å². The van der Waals surface area contributed by atoms with Gasteiger partial charge in [0.25, 0.3) is 0 Å². The van der Waals surface area contributed by atoms with Crippen molar-refractivity contribution in [3.8, 4) is 0 Å². The van der Waals surface area contributed by atoms with Gasteiger partial charge in [-0.2, -0.15) is 0 Å². The van der Waals surface area contributed by atoms with Crippen LogP contribution in [0.2, 0.25) is 0 Å². The highest BCUT2D eigenvalue weighted by molar-refractivity contribution is 14.0. The SMILES string of the molecule is CN=C(NCC1(C)COC1)N(C)Cc1nc2c(s1)CCCC2.I. The predicted molar refractivity (Wildman–Crippen MR) is 106 cm³/mol. The lowest BCUT2D eigenvalue weighted by Gasteiger charge is -2.39. The third-order valence-corrected chi connectivity index (χ3v) is 5.55. The van der Waals surface area contributed by atoms with Gasteiger partial charge in [-0.15, -0.1) is 35.3 Å². The Morgan fingerprint density at radius 3 is 2.74 bits per heavy atom. The van der Waals surface area contributed by atoms with Crippen molar-refractivity contribution in [2.24, 2.45) is 10.4 Å². The van der Waals surface area contributed by atoms with Gasteiger partial charge in [0.05, 0.1) is 25.5 Å². The number of halogens is 1. The van der Waals surface area contributed by atoms with Gasteiger partial charge in [0.2, 0.25) is 0 Å². The van der Waals surface area contributed by atoms with Crippen molar-refractivity contribution >= 4 is 41.3 Å². The molecular formula is C16H27IN4OS. The Kier molecular flexibility index (Phi) is 6.67. The summed E-state index contributed by atoms with van der Waals surface area (Å²) >= 11 is 1.88. The maximum atomic E-state index is 5.30. The standard InChI is InChI=1S/C16H26N4OS.HI/c1-16(10-21-11-16)9-18-15(17-2)20(3)8-14-19-12-6-4-5-7-13(12)22-14;/h4-11H2,1-3H3,(H,17,18);1H. The lowest BCUT2D eigenvalue weighted by atomic mass is 9.89. The van der Waals surface area contributed by atoms with Crippen LogP contribution < -0.4 is 5.32 Å². The van der Waals surface area contributed by atoms with Gasteiger partial charge in [-0.3, -0.25) is 4.99 Å². The Hall–Kier alpha value is -0.410. The summed E-state index contributed by atoms with van der Waals surface area (Å²) in [5, 5.41) is 4.67. The van der Waals surface area contributed by atoms with Crippen molar-refractivity contribution in [3.05, 3.63) is 15.6 Å². The molecule has 5 nitrogen and oxygen atoms in total. The Morgan fingerprint density at radius 2 is 2.13 bits per heavy atom. The van der Waals surface area contributed by atoms with E-state index in [1.165, 1.54) is 34.8 Å². The van der Waals surface area contributed by atoms with E-state index in [0.717, 1.165) is 38.7 Å². The van der Waals surface area contributed by atoms with Crippen molar-refractivity contribution in [1.82, 2.24) is 15.2 Å². The maximum Gasteiger partial charge on any atom is 0.193 e. The van der Waals surface area contributed by atoms with E-state index < -0.39 is 0 Å². The number of nitrogens with zero attached hydrogens (tertiary/aromatic N) is 3. The van der Waals surface area contributed by atoms with Gasteiger partial charge < -0.3 is 15.0 Å². The summed E-state index contributed by atoms with van der Waals surface area (Å²) in [6, 6.07) is 0. The van der Waals surface area contributed by atoms with E-state index in [0.29, 0.717) is 0 Å². The van der Waals surface area contributed by atoms with Crippen LogP contribution in [0.4, 0.5) is 0 Å². The van der Waals surface area contributed by atoms with Crippen LogP contribution in [0, 0.1) is 5.41 Å². The van der Waals surface area contributed by atoms with Gasteiger partial charge in [-0.05, 0) is 25.7 Å². The van der Waals surface area contributed by atoms with Crippen molar-refractivity contribution in [1.29, 1.82) is 0 Å². The summed E-state index contributed by atoms with van der Waals surface area (Å²) in [7, 11) is 3.92. The Labute approximate surface area is 159 Å². The first-order valence-corrected chi connectivity index (χ1v) is 8.88. The summed E-state index contributed by atoms with van der Waals surface area (Å²) < 4.78 is 5.30. The van der Waals surface area contributed by atoms with E-state index >= 15 is 0 Å². The second-order valence-corrected chi connectivity index (χ2v) is 7.91. The molecule has 2 aliphatic rings. The summed E-state index contributed by atoms with van der Waals surface area (Å²) in [5.74, 6) is 0.932. The van der Waals surface area contributed by atoms with Gasteiger partial charge in [0.15, 0.2) is 5.96 Å². The fourth-order valence-electron chi connectivity index (χ4n) is 2.98. The Morgan fingerprint density at radius 1 is 1.39 bits per heavy atom. The number of guanidine groups is 1. The Balaban J connectivity index is 0.00000192. The molecule has 0 radical (unpaired) electrons. The van der Waals surface area contributed by atoms with Crippen LogP contribution in [0.5, 0.6) is 0 Å². The van der Waals surface area contributed by atoms with E-state index in [-0.39, 0.29) is 29.4 Å². The largest absolute Gasteiger partial charge is 0.380 e. The minimum Gasteiger partial charge on any atom is -0.380 e. The number of ether oxygens (including phenoxy) is 1. The summed E-state index contributed by atoms with van der Waals surface area (Å²) in [5.41, 5.74) is 1.58. The molecule has 1 aromatic rings. The molecule has 1 aliphatic heterocycles. The van der Waals surface area contributed by atoms with Crippen LogP contribution in [0.25, 0.3) is 0 Å². The highest BCUT2D eigenvalue weighted by atomic mass is 127. The minimum absolute atomic E-state index is 0. The molecule has 0 atom stereocenters. The average Bonchev–Trinajstić information content (AvgIpc) is 2.88. The first-order valence-electron chi connectivity index (χ1n) is 8.07. The number of fused-ring (bicyclic) bond motifs is 1. The number of hydrogen-bond donors (Lipinski definition) is 1. The highest BCUT2D eigenvalue weighted by Gasteiger charge is 2.33. The molecule has 1 N–H and O–H groups in total. The van der Waals surface area contributed by atoms with Gasteiger partial charge in [-0.1, -0.05) is 6.92 Å². The third-order valence-electron chi connectivity index (χ3n) is 4.41. The normalized spacial score (nSPS) is 19.3. The topological polar surface area (TPSA) is 49.8 Å². The van der Waals surface area contributed by atoms with E-state index in [1.54, 1.807) is 0 Å². The van der Waals surface area contributed by atoms with Crippen LogP contribution in [0.3, 0.4) is 0 Å². The molecule has 0 spiro atoms. The second kappa shape index (κ2) is 8.11. The van der Waals surface area contributed by atoms with E-state index in [1.807, 2.05) is 18.4 Å². The van der Waals surface area contributed by atoms with Crippen LogP contribution >= 0.6 is 35.3 Å². The molecule has 3 rings (SSSR count). The second-order valence-electron chi connectivity index (χ2n) is 6.74. The van der Waals surface area contributed by atoms with Crippen molar-refractivity contribution in [2.75, 3.05) is 33.9 Å². The smallest absolute Gasteiger partial charge is 0.193 e. The third kappa shape index (κ3) is 4.57. The zero-order valence-corrected chi connectivity index (χ0v) is 17.4. The molecule has 0 amide bonds. The van der Waals surface area contributed by atoms with Gasteiger partial charge in [0, 0.05) is 30.9 Å². The zero-order chi connectivity index (χ0) is 15.6. The van der Waals surface area contributed by atoms with Crippen molar-refractivity contribution in [3.63, 3.8) is 0 Å². The molecule has 0 saturated carbocycles. The van der Waals surface area contributed by atoms with Crippen LogP contribution in [-0.4, -0.2) is 49.7 Å². The molecule has 0 aromatic carbocycles. The van der Waals surface area contributed by atoms with E-state index in [9.17, 15) is 0 Å². The molecule has 1 saturated heterocycles. The fraction of sp³-hybridized carbons (Fsp3) is 0.750. The molecule has 1 aliphatic carbocycles. The molecule has 0 bridgehead atoms. The van der Waals surface area contributed by atoms with Gasteiger partial charge in [0.1, 0.15) is 5.01 Å². The molecule has 0 unspecified atom stereocenters. The first kappa shape index (κ1) is 18.9. The number of aliphatic imine (C=N–C) groups is 1. The fourth-order valence-corrected chi connectivity index (χ4v) is 4.19. The van der Waals surface area contributed by atoms with Crippen LogP contribution in [0.1, 0.15) is 35.3 Å².